The van der Waals surface area contributed by atoms with Gasteiger partial charge in [0.2, 0.25) is 0 Å². The van der Waals surface area contributed by atoms with Gasteiger partial charge >= 0.3 is 5.97 Å². The van der Waals surface area contributed by atoms with Crippen molar-refractivity contribution < 1.29 is 9.53 Å². The minimum Gasteiger partial charge on any atom is -0.462 e. The van der Waals surface area contributed by atoms with E-state index < -0.39 is 0 Å². The Hall–Kier alpha value is -0.530. The van der Waals surface area contributed by atoms with Gasteiger partial charge in [0.05, 0.1) is 5.41 Å². The van der Waals surface area contributed by atoms with Gasteiger partial charge in [-0.25, -0.2) is 0 Å². The van der Waals surface area contributed by atoms with Gasteiger partial charge < -0.3 is 4.74 Å². The first kappa shape index (κ1) is 7.14. The highest BCUT2D eigenvalue weighted by atomic mass is 16.6. The van der Waals surface area contributed by atoms with Crippen LogP contribution in [0.5, 0.6) is 0 Å². The zero-order chi connectivity index (χ0) is 8.22. The summed E-state index contributed by atoms with van der Waals surface area (Å²) in [4.78, 5) is 11.4. The summed E-state index contributed by atoms with van der Waals surface area (Å²) < 4.78 is 5.15. The average molecular weight is 154 g/mol. The van der Waals surface area contributed by atoms with Crippen molar-refractivity contribution in [2.24, 2.45) is 17.3 Å². The first-order valence-electron chi connectivity index (χ1n) is 4.30. The molecule has 0 bridgehead atoms. The molecule has 0 radical (unpaired) electrons. The Morgan fingerprint density at radius 3 is 2.45 bits per heavy atom. The van der Waals surface area contributed by atoms with Crippen molar-refractivity contribution in [3.05, 3.63) is 0 Å². The lowest BCUT2D eigenvalue weighted by Gasteiger charge is -2.12. The topological polar surface area (TPSA) is 26.3 Å². The minimum absolute atomic E-state index is 0.0463. The van der Waals surface area contributed by atoms with Crippen molar-refractivity contribution in [2.45, 2.75) is 33.3 Å². The maximum absolute atomic E-state index is 11.4. The number of esters is 1. The molecular formula is C9H14O2. The Bertz CT molecular complexity index is 210. The van der Waals surface area contributed by atoms with E-state index in [1.165, 1.54) is 0 Å². The van der Waals surface area contributed by atoms with Crippen LogP contribution in [-0.2, 0) is 9.53 Å². The molecule has 2 aliphatic rings. The highest BCUT2D eigenvalue weighted by molar-refractivity contribution is 5.84. The summed E-state index contributed by atoms with van der Waals surface area (Å²) in [6, 6.07) is 0. The molecule has 2 rings (SSSR count). The van der Waals surface area contributed by atoms with E-state index in [2.05, 4.69) is 13.8 Å². The second-order valence-corrected chi connectivity index (χ2v) is 4.12. The molecule has 0 aromatic rings. The molecule has 2 fully saturated rings. The summed E-state index contributed by atoms with van der Waals surface area (Å²) in [5.41, 5.74) is -0.0700. The second-order valence-electron chi connectivity index (χ2n) is 4.12. The van der Waals surface area contributed by atoms with E-state index >= 15 is 0 Å². The number of fused-ring (bicyclic) bond motifs is 1. The van der Waals surface area contributed by atoms with Gasteiger partial charge in [-0.2, -0.15) is 0 Å². The SMILES string of the molecule is CC(C)[C@]12C[C@@H]1[C@@H](C)OC2=O. The number of ether oxygens (including phenoxy) is 1. The molecule has 2 nitrogen and oxygen atoms in total. The number of carbonyl (C=O) groups is 1. The van der Waals surface area contributed by atoms with Crippen molar-refractivity contribution in [3.63, 3.8) is 0 Å². The van der Waals surface area contributed by atoms with E-state index in [9.17, 15) is 4.79 Å². The van der Waals surface area contributed by atoms with Crippen LogP contribution in [0.3, 0.4) is 0 Å². The third-order valence-corrected chi connectivity index (χ3v) is 3.33. The summed E-state index contributed by atoms with van der Waals surface area (Å²) in [5.74, 6) is 1.02. The van der Waals surface area contributed by atoms with Crippen LogP contribution >= 0.6 is 0 Å². The average Bonchev–Trinajstić information content (AvgIpc) is 2.56. The molecule has 0 unspecified atom stereocenters. The quantitative estimate of drug-likeness (QED) is 0.536. The normalized spacial score (nSPS) is 47.5. The molecule has 0 amide bonds. The lowest BCUT2D eigenvalue weighted by molar-refractivity contribution is -0.149. The molecule has 11 heavy (non-hydrogen) atoms. The van der Waals surface area contributed by atoms with Crippen LogP contribution in [0.15, 0.2) is 0 Å². The number of hydrogen-bond donors (Lipinski definition) is 0. The molecule has 1 saturated heterocycles. The van der Waals surface area contributed by atoms with Crippen LogP contribution in [0.2, 0.25) is 0 Å². The molecule has 1 heterocycles. The predicted octanol–water partition coefficient (Wildman–Crippen LogP) is 1.59. The van der Waals surface area contributed by atoms with Crippen LogP contribution in [0.4, 0.5) is 0 Å². The van der Waals surface area contributed by atoms with Gasteiger partial charge in [0.1, 0.15) is 6.10 Å². The van der Waals surface area contributed by atoms with Gasteiger partial charge in [-0.3, -0.25) is 4.79 Å². The van der Waals surface area contributed by atoms with Gasteiger partial charge in [-0.05, 0) is 19.3 Å². The molecule has 62 valence electrons. The van der Waals surface area contributed by atoms with Crippen molar-refractivity contribution >= 4 is 5.97 Å². The molecular weight excluding hydrogens is 140 g/mol. The first-order chi connectivity index (χ1) is 5.09. The predicted molar refractivity (Wildman–Crippen MR) is 40.9 cm³/mol. The highest BCUT2D eigenvalue weighted by Crippen LogP contribution is 2.64. The zero-order valence-electron chi connectivity index (χ0n) is 7.26. The molecule has 1 aliphatic carbocycles. The van der Waals surface area contributed by atoms with Gasteiger partial charge in [0.15, 0.2) is 0 Å². The van der Waals surface area contributed by atoms with Crippen LogP contribution in [0.25, 0.3) is 0 Å². The summed E-state index contributed by atoms with van der Waals surface area (Å²) >= 11 is 0. The van der Waals surface area contributed by atoms with E-state index in [0.29, 0.717) is 11.8 Å². The maximum atomic E-state index is 11.4. The summed E-state index contributed by atoms with van der Waals surface area (Å²) in [5, 5.41) is 0. The lowest BCUT2D eigenvalue weighted by atomic mass is 9.90. The van der Waals surface area contributed by atoms with Gasteiger partial charge in [0, 0.05) is 5.92 Å². The summed E-state index contributed by atoms with van der Waals surface area (Å²) in [7, 11) is 0. The Morgan fingerprint density at radius 2 is 2.27 bits per heavy atom. The van der Waals surface area contributed by atoms with Crippen molar-refractivity contribution in [3.8, 4) is 0 Å². The van der Waals surface area contributed by atoms with E-state index in [0.717, 1.165) is 6.42 Å². The number of carbonyl (C=O) groups excluding carboxylic acids is 1. The van der Waals surface area contributed by atoms with Crippen LogP contribution in [0, 0.1) is 17.3 Å². The smallest absolute Gasteiger partial charge is 0.313 e. The number of cyclic esters (lactones) is 1. The molecule has 2 heteroatoms. The van der Waals surface area contributed by atoms with E-state index in [4.69, 9.17) is 4.74 Å². The summed E-state index contributed by atoms with van der Waals surface area (Å²) in [6.45, 7) is 6.22. The third-order valence-electron chi connectivity index (χ3n) is 3.33. The van der Waals surface area contributed by atoms with Crippen molar-refractivity contribution in [2.75, 3.05) is 0 Å². The first-order valence-corrected chi connectivity index (χ1v) is 4.30. The van der Waals surface area contributed by atoms with Crippen LogP contribution in [-0.4, -0.2) is 12.1 Å². The monoisotopic (exact) mass is 154 g/mol. The molecule has 3 atom stereocenters. The standard InChI is InChI=1S/C9H14O2/c1-5(2)9-4-7(9)6(3)11-8(9)10/h5-7H,4H2,1-3H3/t6-,7-,9-/m1/s1. The van der Waals surface area contributed by atoms with E-state index in [-0.39, 0.29) is 17.5 Å². The fourth-order valence-electron chi connectivity index (χ4n) is 2.38. The fourth-order valence-corrected chi connectivity index (χ4v) is 2.38. The molecule has 1 aliphatic heterocycles. The van der Waals surface area contributed by atoms with Crippen LogP contribution < -0.4 is 0 Å². The molecule has 1 saturated carbocycles. The van der Waals surface area contributed by atoms with E-state index in [1.807, 2.05) is 6.92 Å². The largest absolute Gasteiger partial charge is 0.462 e. The van der Waals surface area contributed by atoms with Gasteiger partial charge in [0.25, 0.3) is 0 Å². The van der Waals surface area contributed by atoms with Crippen molar-refractivity contribution in [1.82, 2.24) is 0 Å². The van der Waals surface area contributed by atoms with Gasteiger partial charge in [-0.15, -0.1) is 0 Å². The summed E-state index contributed by atoms with van der Waals surface area (Å²) in [6.07, 6.45) is 1.23. The second kappa shape index (κ2) is 1.79. The molecule has 0 N–H and O–H groups in total. The van der Waals surface area contributed by atoms with Gasteiger partial charge in [-0.1, -0.05) is 13.8 Å². The van der Waals surface area contributed by atoms with Crippen LogP contribution in [0.1, 0.15) is 27.2 Å². The Balaban J connectivity index is 2.26. The molecule has 0 aromatic carbocycles. The highest BCUT2D eigenvalue weighted by Gasteiger charge is 2.70. The maximum Gasteiger partial charge on any atom is 0.313 e. The Labute approximate surface area is 66.9 Å². The minimum atomic E-state index is -0.0700. The Kier molecular flexibility index (Phi) is 1.16. The lowest BCUT2D eigenvalue weighted by Crippen LogP contribution is -2.20. The Morgan fingerprint density at radius 1 is 1.64 bits per heavy atom. The van der Waals surface area contributed by atoms with E-state index in [1.54, 1.807) is 0 Å². The molecule has 0 aromatic heterocycles. The number of rotatable bonds is 1. The number of hydrogen-bond acceptors (Lipinski definition) is 2. The van der Waals surface area contributed by atoms with Crippen molar-refractivity contribution in [1.29, 1.82) is 0 Å². The zero-order valence-corrected chi connectivity index (χ0v) is 7.26. The third kappa shape index (κ3) is 0.652. The fraction of sp³-hybridized carbons (Fsp3) is 0.889. The molecule has 0 spiro atoms.